The lowest BCUT2D eigenvalue weighted by atomic mass is 9.84. The van der Waals surface area contributed by atoms with Crippen LogP contribution in [-0.4, -0.2) is 16.0 Å². The molecular formula is C19H17F3N2. The van der Waals surface area contributed by atoms with Gasteiger partial charge in [-0.2, -0.15) is 18.3 Å². The van der Waals surface area contributed by atoms with Crippen LogP contribution in [0, 0.1) is 0 Å². The summed E-state index contributed by atoms with van der Waals surface area (Å²) in [6, 6.07) is 18.2. The number of hydrogen-bond acceptors (Lipinski definition) is 1. The molecule has 0 unspecified atom stereocenters. The first-order valence-electron chi connectivity index (χ1n) is 7.58. The molecule has 0 N–H and O–H groups in total. The zero-order valence-corrected chi connectivity index (χ0v) is 13.4. The number of halogens is 3. The maximum Gasteiger partial charge on any atom is 0.399 e. The molecule has 2 nitrogen and oxygen atoms in total. The van der Waals surface area contributed by atoms with E-state index in [9.17, 15) is 13.2 Å². The molecule has 0 aliphatic rings. The van der Waals surface area contributed by atoms with Crippen molar-refractivity contribution < 1.29 is 13.2 Å². The number of hydrogen-bond donors (Lipinski definition) is 0. The van der Waals surface area contributed by atoms with Crippen molar-refractivity contribution in [2.45, 2.75) is 25.4 Å². The third-order valence-corrected chi connectivity index (χ3v) is 4.12. The maximum absolute atomic E-state index is 13.6. The normalized spacial score (nSPS) is 12.4. The Balaban J connectivity index is 2.22. The Bertz CT molecular complexity index is 819. The second kappa shape index (κ2) is 5.82. The van der Waals surface area contributed by atoms with Gasteiger partial charge in [0.2, 0.25) is 0 Å². The third kappa shape index (κ3) is 2.82. The smallest absolute Gasteiger partial charge is 0.240 e. The van der Waals surface area contributed by atoms with Crippen molar-refractivity contribution in [2.24, 2.45) is 0 Å². The van der Waals surface area contributed by atoms with E-state index in [4.69, 9.17) is 0 Å². The molecule has 0 radical (unpaired) electrons. The van der Waals surface area contributed by atoms with Crippen molar-refractivity contribution >= 4 is 0 Å². The average Bonchev–Trinajstić information content (AvgIpc) is 3.01. The predicted octanol–water partition coefficient (Wildman–Crippen LogP) is 5.38. The fourth-order valence-electron chi connectivity index (χ4n) is 2.51. The minimum absolute atomic E-state index is 0.0186. The molecule has 0 saturated heterocycles. The van der Waals surface area contributed by atoms with E-state index in [2.05, 4.69) is 5.10 Å². The lowest BCUT2D eigenvalue weighted by Gasteiger charge is -2.27. The van der Waals surface area contributed by atoms with Gasteiger partial charge >= 0.3 is 6.18 Å². The van der Waals surface area contributed by atoms with Gasteiger partial charge in [0.15, 0.2) is 0 Å². The van der Waals surface area contributed by atoms with Crippen LogP contribution in [0.2, 0.25) is 0 Å². The van der Waals surface area contributed by atoms with Crippen LogP contribution in [-0.2, 0) is 5.41 Å². The molecular weight excluding hydrogens is 313 g/mol. The van der Waals surface area contributed by atoms with Crippen molar-refractivity contribution in [1.82, 2.24) is 9.78 Å². The number of alkyl halides is 3. The largest absolute Gasteiger partial charge is 0.399 e. The molecule has 0 bridgehead atoms. The Kier molecular flexibility index (Phi) is 3.95. The quantitative estimate of drug-likeness (QED) is 0.630. The molecule has 3 rings (SSSR count). The Morgan fingerprint density at radius 2 is 1.38 bits per heavy atom. The molecule has 0 saturated carbocycles. The molecule has 0 spiro atoms. The molecule has 124 valence electrons. The van der Waals surface area contributed by atoms with Crippen LogP contribution >= 0.6 is 0 Å². The third-order valence-electron chi connectivity index (χ3n) is 4.12. The van der Waals surface area contributed by atoms with Crippen LogP contribution in [0.3, 0.4) is 0 Å². The average molecular weight is 330 g/mol. The van der Waals surface area contributed by atoms with Crippen molar-refractivity contribution in [3.63, 3.8) is 0 Å². The van der Waals surface area contributed by atoms with E-state index in [0.29, 0.717) is 11.1 Å². The number of para-hydroxylation sites is 1. The Labute approximate surface area is 138 Å². The van der Waals surface area contributed by atoms with E-state index in [1.807, 2.05) is 36.4 Å². The molecule has 0 amide bonds. The Hall–Kier alpha value is -2.56. The fourth-order valence-corrected chi connectivity index (χ4v) is 2.51. The zero-order valence-electron chi connectivity index (χ0n) is 13.4. The highest BCUT2D eigenvalue weighted by molar-refractivity contribution is 5.67. The molecule has 0 fully saturated rings. The minimum atomic E-state index is -4.40. The van der Waals surface area contributed by atoms with Gasteiger partial charge < -0.3 is 0 Å². The first kappa shape index (κ1) is 16.3. The second-order valence-electron chi connectivity index (χ2n) is 6.16. The summed E-state index contributed by atoms with van der Waals surface area (Å²) >= 11 is 0. The van der Waals surface area contributed by atoms with Gasteiger partial charge in [0, 0.05) is 11.8 Å². The van der Waals surface area contributed by atoms with Crippen LogP contribution in [0.1, 0.15) is 19.5 Å². The molecule has 0 atom stereocenters. The van der Waals surface area contributed by atoms with Crippen molar-refractivity contribution in [3.8, 4) is 16.8 Å². The molecule has 0 aliphatic heterocycles. The summed E-state index contributed by atoms with van der Waals surface area (Å²) < 4.78 is 42.2. The van der Waals surface area contributed by atoms with Gasteiger partial charge in [-0.25, -0.2) is 4.68 Å². The van der Waals surface area contributed by atoms with Crippen LogP contribution in [0.15, 0.2) is 66.9 Å². The van der Waals surface area contributed by atoms with Gasteiger partial charge in [-0.1, -0.05) is 48.5 Å². The van der Waals surface area contributed by atoms with E-state index in [1.54, 1.807) is 30.5 Å². The first-order chi connectivity index (χ1) is 11.3. The highest BCUT2D eigenvalue weighted by atomic mass is 19.4. The topological polar surface area (TPSA) is 17.8 Å². The van der Waals surface area contributed by atoms with Crippen LogP contribution in [0.25, 0.3) is 16.8 Å². The number of aromatic nitrogens is 2. The molecule has 0 aliphatic carbocycles. The number of rotatable bonds is 3. The number of benzene rings is 2. The van der Waals surface area contributed by atoms with Gasteiger partial charge in [-0.15, -0.1) is 0 Å². The molecule has 1 heterocycles. The van der Waals surface area contributed by atoms with E-state index < -0.39 is 11.6 Å². The molecule has 2 aromatic carbocycles. The van der Waals surface area contributed by atoms with Crippen LogP contribution in [0.5, 0.6) is 0 Å². The summed E-state index contributed by atoms with van der Waals surface area (Å²) in [7, 11) is 0. The van der Waals surface area contributed by atoms with Crippen LogP contribution < -0.4 is 0 Å². The molecule has 5 heteroatoms. The second-order valence-corrected chi connectivity index (χ2v) is 6.16. The highest BCUT2D eigenvalue weighted by Gasteiger charge is 2.51. The predicted molar refractivity (Wildman–Crippen MR) is 88.1 cm³/mol. The standard InChI is InChI=1S/C19H17F3N2/c1-18(2,19(20,21)22)17-16(14-9-5-3-6-10-14)13-24(23-17)15-11-7-4-8-12-15/h3-13H,1-2H3. The highest BCUT2D eigenvalue weighted by Crippen LogP contribution is 2.43. The minimum Gasteiger partial charge on any atom is -0.240 e. The van der Waals surface area contributed by atoms with E-state index in [-0.39, 0.29) is 5.69 Å². The fraction of sp³-hybridized carbons (Fsp3) is 0.211. The monoisotopic (exact) mass is 330 g/mol. The van der Waals surface area contributed by atoms with E-state index >= 15 is 0 Å². The molecule has 24 heavy (non-hydrogen) atoms. The zero-order chi connectivity index (χ0) is 17.4. The first-order valence-corrected chi connectivity index (χ1v) is 7.58. The van der Waals surface area contributed by atoms with Gasteiger partial charge in [0.05, 0.1) is 11.4 Å². The van der Waals surface area contributed by atoms with Gasteiger partial charge in [-0.3, -0.25) is 0 Å². The molecule has 3 aromatic rings. The number of nitrogens with zero attached hydrogens (tertiary/aromatic N) is 2. The summed E-state index contributed by atoms with van der Waals surface area (Å²) in [6.45, 7) is 2.33. The van der Waals surface area contributed by atoms with Gasteiger partial charge in [0.25, 0.3) is 0 Å². The summed E-state index contributed by atoms with van der Waals surface area (Å²) in [5.74, 6) is 0. The molecule has 1 aromatic heterocycles. The summed E-state index contributed by atoms with van der Waals surface area (Å²) in [6.07, 6.45) is -2.74. The van der Waals surface area contributed by atoms with E-state index in [0.717, 1.165) is 19.5 Å². The Morgan fingerprint density at radius 3 is 1.92 bits per heavy atom. The summed E-state index contributed by atoms with van der Waals surface area (Å²) in [5, 5.41) is 4.29. The lowest BCUT2D eigenvalue weighted by Crippen LogP contribution is -2.37. The van der Waals surface area contributed by atoms with Gasteiger partial charge in [-0.05, 0) is 31.5 Å². The SMILES string of the molecule is CC(C)(c1nn(-c2ccccc2)cc1-c1ccccc1)C(F)(F)F. The Morgan fingerprint density at radius 1 is 0.833 bits per heavy atom. The van der Waals surface area contributed by atoms with Crippen LogP contribution in [0.4, 0.5) is 13.2 Å². The maximum atomic E-state index is 13.6. The lowest BCUT2D eigenvalue weighted by molar-refractivity contribution is -0.181. The van der Waals surface area contributed by atoms with E-state index in [1.165, 1.54) is 4.68 Å². The van der Waals surface area contributed by atoms with Crippen molar-refractivity contribution in [3.05, 3.63) is 72.6 Å². The van der Waals surface area contributed by atoms with Gasteiger partial charge in [0.1, 0.15) is 5.41 Å². The van der Waals surface area contributed by atoms with Crippen molar-refractivity contribution in [2.75, 3.05) is 0 Å². The summed E-state index contributed by atoms with van der Waals surface area (Å²) in [4.78, 5) is 0. The summed E-state index contributed by atoms with van der Waals surface area (Å²) in [5.41, 5.74) is -0.115. The van der Waals surface area contributed by atoms with Crippen molar-refractivity contribution in [1.29, 1.82) is 0 Å².